The summed E-state index contributed by atoms with van der Waals surface area (Å²) in [7, 11) is 0. The lowest BCUT2D eigenvalue weighted by Gasteiger charge is -2.34. The fraction of sp³-hybridized carbons (Fsp3) is 0.500. The average Bonchev–Trinajstić information content (AvgIpc) is 2.77. The van der Waals surface area contributed by atoms with E-state index in [0.717, 1.165) is 44.2 Å². The highest BCUT2D eigenvalue weighted by Crippen LogP contribution is 2.39. The maximum Gasteiger partial charge on any atom is 0.335 e. The van der Waals surface area contributed by atoms with Gasteiger partial charge in [0.1, 0.15) is 12.3 Å². The zero-order valence-electron chi connectivity index (χ0n) is 18.6. The predicted molar refractivity (Wildman–Crippen MR) is 117 cm³/mol. The number of alkyl halides is 2. The molecular weight excluding hydrogens is 439 g/mol. The van der Waals surface area contributed by atoms with Crippen LogP contribution in [0, 0.1) is 29.3 Å². The molecule has 0 spiro atoms. The Morgan fingerprint density at radius 3 is 2.42 bits per heavy atom. The first-order valence-electron chi connectivity index (χ1n) is 11.5. The smallest absolute Gasteiger partial charge is 0.335 e. The second kappa shape index (κ2) is 11.1. The molecule has 0 heterocycles. The lowest BCUT2D eigenvalue weighted by molar-refractivity contribution is 0.0591. The average molecular weight is 469 g/mol. The highest BCUT2D eigenvalue weighted by atomic mass is 19.2. The van der Waals surface area contributed by atoms with Gasteiger partial charge in [-0.2, -0.15) is 0 Å². The van der Waals surface area contributed by atoms with Crippen molar-refractivity contribution in [2.75, 3.05) is 0 Å². The van der Waals surface area contributed by atoms with E-state index in [-0.39, 0.29) is 34.6 Å². The van der Waals surface area contributed by atoms with Crippen LogP contribution in [0.3, 0.4) is 0 Å². The van der Waals surface area contributed by atoms with Crippen LogP contribution >= 0.6 is 0 Å². The van der Waals surface area contributed by atoms with E-state index in [1.54, 1.807) is 0 Å². The predicted octanol–water partition coefficient (Wildman–Crippen LogP) is 7.68. The first-order chi connectivity index (χ1) is 15.7. The highest BCUT2D eigenvalue weighted by molar-refractivity contribution is 5.92. The zero-order chi connectivity index (χ0) is 24.1. The molecular formula is C26H29F5O2. The van der Waals surface area contributed by atoms with Gasteiger partial charge in [0.25, 0.3) is 0 Å². The lowest BCUT2D eigenvalue weighted by Crippen LogP contribution is -2.34. The third kappa shape index (κ3) is 5.92. The van der Waals surface area contributed by atoms with E-state index in [0.29, 0.717) is 6.42 Å². The summed E-state index contributed by atoms with van der Waals surface area (Å²) in [6.07, 6.45) is 2.08. The number of hydrogen-bond acceptors (Lipinski definition) is 1. The van der Waals surface area contributed by atoms with Crippen LogP contribution in [0.4, 0.5) is 22.0 Å². The molecule has 1 saturated carbocycles. The van der Waals surface area contributed by atoms with Gasteiger partial charge in [-0.3, -0.25) is 0 Å². The largest absolute Gasteiger partial charge is 0.478 e. The summed E-state index contributed by atoms with van der Waals surface area (Å²) >= 11 is 0. The van der Waals surface area contributed by atoms with Crippen LogP contribution in [-0.2, 0) is 6.42 Å². The Kier molecular flexibility index (Phi) is 8.49. The molecule has 2 nitrogen and oxygen atoms in total. The quantitative estimate of drug-likeness (QED) is 0.233. The van der Waals surface area contributed by atoms with Crippen LogP contribution in [0.1, 0.15) is 67.8 Å². The van der Waals surface area contributed by atoms with E-state index in [1.165, 1.54) is 18.2 Å². The van der Waals surface area contributed by atoms with Crippen molar-refractivity contribution in [3.63, 3.8) is 0 Å². The van der Waals surface area contributed by atoms with E-state index in [1.807, 2.05) is 0 Å². The number of halogens is 5. The summed E-state index contributed by atoms with van der Waals surface area (Å²) in [5, 5.41) is 9.60. The number of hydrogen-bond donors (Lipinski definition) is 1. The van der Waals surface area contributed by atoms with Gasteiger partial charge in [-0.05, 0) is 60.1 Å². The molecule has 7 heteroatoms. The molecule has 2 unspecified atom stereocenters. The maximum absolute atomic E-state index is 15.4. The molecule has 0 saturated heterocycles. The molecule has 1 fully saturated rings. The van der Waals surface area contributed by atoms with E-state index >= 15 is 4.39 Å². The summed E-state index contributed by atoms with van der Waals surface area (Å²) in [5.41, 5.74) is -0.240. The minimum Gasteiger partial charge on any atom is -0.478 e. The molecule has 0 radical (unpaired) electrons. The first kappa shape index (κ1) is 25.2. The Morgan fingerprint density at radius 1 is 1.12 bits per heavy atom. The molecule has 33 heavy (non-hydrogen) atoms. The molecule has 0 amide bonds. The monoisotopic (exact) mass is 468 g/mol. The van der Waals surface area contributed by atoms with Crippen LogP contribution in [-0.4, -0.2) is 23.4 Å². The molecule has 0 aromatic heterocycles. The van der Waals surface area contributed by atoms with Crippen LogP contribution in [0.25, 0.3) is 11.1 Å². The van der Waals surface area contributed by atoms with Gasteiger partial charge in [0.05, 0.1) is 5.56 Å². The molecule has 2 aromatic rings. The fourth-order valence-electron chi connectivity index (χ4n) is 4.91. The number of rotatable bonds is 9. The second-order valence-electron chi connectivity index (χ2n) is 8.97. The van der Waals surface area contributed by atoms with Gasteiger partial charge >= 0.3 is 5.97 Å². The van der Waals surface area contributed by atoms with E-state index < -0.39 is 48.1 Å². The van der Waals surface area contributed by atoms with Crippen molar-refractivity contribution in [2.24, 2.45) is 11.8 Å². The van der Waals surface area contributed by atoms with E-state index in [9.17, 15) is 27.5 Å². The Bertz CT molecular complexity index is 954. The Hall–Kier alpha value is -2.44. The minimum absolute atomic E-state index is 0.0141. The van der Waals surface area contributed by atoms with Gasteiger partial charge in [0.2, 0.25) is 0 Å². The van der Waals surface area contributed by atoms with Gasteiger partial charge in [-0.1, -0.05) is 44.7 Å². The lowest BCUT2D eigenvalue weighted by atomic mass is 9.75. The number of carbonyl (C=O) groups is 1. The van der Waals surface area contributed by atoms with Gasteiger partial charge < -0.3 is 5.11 Å². The number of carboxylic acid groups (broad SMARTS) is 1. The summed E-state index contributed by atoms with van der Waals surface area (Å²) < 4.78 is 71.3. The molecule has 3 rings (SSSR count). The van der Waals surface area contributed by atoms with Crippen LogP contribution < -0.4 is 0 Å². The van der Waals surface area contributed by atoms with Crippen LogP contribution in [0.5, 0.6) is 0 Å². The molecule has 4 atom stereocenters. The summed E-state index contributed by atoms with van der Waals surface area (Å²) in [4.78, 5) is 11.8. The van der Waals surface area contributed by atoms with Crippen molar-refractivity contribution in [3.8, 4) is 11.1 Å². The third-order valence-corrected chi connectivity index (χ3v) is 6.71. The minimum atomic E-state index is -1.66. The Labute approximate surface area is 190 Å². The number of carboxylic acids is 1. The van der Waals surface area contributed by atoms with Crippen molar-refractivity contribution in [1.29, 1.82) is 0 Å². The van der Waals surface area contributed by atoms with Gasteiger partial charge in [-0.25, -0.2) is 26.7 Å². The summed E-state index contributed by atoms with van der Waals surface area (Å²) in [6.45, 7) is 2.10. The molecule has 1 N–H and O–H groups in total. The van der Waals surface area contributed by atoms with Crippen molar-refractivity contribution < 1.29 is 31.9 Å². The second-order valence-corrected chi connectivity index (χ2v) is 8.97. The van der Waals surface area contributed by atoms with Crippen LogP contribution in [0.15, 0.2) is 30.3 Å². The van der Waals surface area contributed by atoms with E-state index in [4.69, 9.17) is 0 Å². The third-order valence-electron chi connectivity index (χ3n) is 6.71. The SMILES string of the molecule is CCCCC[C@H]1CC[C@H](C(F)Cc2c(C(=O)O)cccc2-c2cc(F)c(F)c(F)c2)C(F)C1. The molecule has 1 aliphatic rings. The topological polar surface area (TPSA) is 37.3 Å². The van der Waals surface area contributed by atoms with Crippen molar-refractivity contribution in [2.45, 2.75) is 70.6 Å². The Morgan fingerprint density at radius 2 is 1.82 bits per heavy atom. The summed E-state index contributed by atoms with van der Waals surface area (Å²) in [5.74, 6) is -6.49. The number of unbranched alkanes of at least 4 members (excludes halogenated alkanes) is 2. The molecule has 2 aromatic carbocycles. The molecule has 1 aliphatic carbocycles. The van der Waals surface area contributed by atoms with Gasteiger partial charge in [0, 0.05) is 12.3 Å². The van der Waals surface area contributed by atoms with Gasteiger partial charge in [-0.15, -0.1) is 0 Å². The molecule has 0 bridgehead atoms. The first-order valence-corrected chi connectivity index (χ1v) is 11.5. The normalized spacial score (nSPS) is 21.7. The van der Waals surface area contributed by atoms with Gasteiger partial charge in [0.15, 0.2) is 17.5 Å². The van der Waals surface area contributed by atoms with Crippen molar-refractivity contribution in [3.05, 3.63) is 58.9 Å². The summed E-state index contributed by atoms with van der Waals surface area (Å²) in [6, 6.07) is 5.53. The van der Waals surface area contributed by atoms with Crippen molar-refractivity contribution >= 4 is 5.97 Å². The number of aromatic carboxylic acids is 1. The maximum atomic E-state index is 15.4. The van der Waals surface area contributed by atoms with Crippen LogP contribution in [0.2, 0.25) is 0 Å². The highest BCUT2D eigenvalue weighted by Gasteiger charge is 2.36. The molecule has 0 aliphatic heterocycles. The van der Waals surface area contributed by atoms with E-state index in [2.05, 4.69) is 6.92 Å². The fourth-order valence-corrected chi connectivity index (χ4v) is 4.91. The standard InChI is InChI=1S/C26H29F5O2/c1-2-3-4-6-15-9-10-19(21(27)11-15)22(28)14-20-17(7-5-8-18(20)26(32)33)16-12-23(29)25(31)24(30)13-16/h5,7-8,12-13,15,19,21-22H,2-4,6,9-11,14H2,1H3,(H,32,33)/t15-,19-,21?,22?/m0/s1. The Balaban J connectivity index is 1.85. The number of benzene rings is 2. The molecule has 180 valence electrons. The zero-order valence-corrected chi connectivity index (χ0v) is 18.6. The van der Waals surface area contributed by atoms with Crippen molar-refractivity contribution in [1.82, 2.24) is 0 Å².